The van der Waals surface area contributed by atoms with E-state index in [4.69, 9.17) is 10.5 Å². The molecule has 0 spiro atoms. The summed E-state index contributed by atoms with van der Waals surface area (Å²) in [5.74, 6) is 0.411. The van der Waals surface area contributed by atoms with Gasteiger partial charge in [0.25, 0.3) is 5.56 Å². The van der Waals surface area contributed by atoms with Crippen molar-refractivity contribution >= 4 is 45.1 Å². The largest absolute Gasteiger partial charge is 0.462 e. The van der Waals surface area contributed by atoms with Crippen LogP contribution in [0.5, 0.6) is 0 Å². The van der Waals surface area contributed by atoms with E-state index in [0.717, 1.165) is 15.3 Å². The first-order valence-electron chi connectivity index (χ1n) is 7.82. The number of aromatic nitrogens is 4. The fourth-order valence-corrected chi connectivity index (χ4v) is 4.06. The van der Waals surface area contributed by atoms with Crippen LogP contribution in [0.15, 0.2) is 16.1 Å². The third-order valence-electron chi connectivity index (χ3n) is 3.72. The number of thiophene rings is 1. The molecule has 3 aromatic rings. The molecule has 0 fully saturated rings. The minimum atomic E-state index is -0.554. The number of aryl methyl sites for hydroxylation is 2. The van der Waals surface area contributed by atoms with Crippen LogP contribution in [0.2, 0.25) is 0 Å². The number of rotatable bonds is 5. The quantitative estimate of drug-likeness (QED) is 0.386. The normalized spacial score (nSPS) is 11.0. The van der Waals surface area contributed by atoms with E-state index < -0.39 is 5.97 Å². The molecule has 0 aromatic carbocycles. The number of nitrogens with zero attached hydrogens (tertiary/aromatic N) is 3. The molecule has 0 amide bonds. The molecule has 0 aliphatic rings. The third kappa shape index (κ3) is 3.56. The molecule has 0 aliphatic heterocycles. The number of nitrogens with two attached hydrogens (primary N) is 1. The van der Waals surface area contributed by atoms with Crippen LogP contribution in [-0.4, -0.2) is 32.5 Å². The number of fused-ring (bicyclic) bond motifs is 1. The molecule has 3 N–H and O–H groups in total. The minimum Gasteiger partial charge on any atom is -0.462 e. The van der Waals surface area contributed by atoms with Crippen molar-refractivity contribution in [1.82, 2.24) is 19.9 Å². The van der Waals surface area contributed by atoms with E-state index in [1.807, 2.05) is 13.8 Å². The predicted octanol–water partition coefficient (Wildman–Crippen LogP) is 2.44. The van der Waals surface area contributed by atoms with Crippen LogP contribution in [-0.2, 0) is 10.5 Å². The highest BCUT2D eigenvalue weighted by molar-refractivity contribution is 7.98. The molecule has 136 valence electrons. The van der Waals surface area contributed by atoms with E-state index >= 15 is 0 Å². The van der Waals surface area contributed by atoms with Crippen molar-refractivity contribution in [3.8, 4) is 0 Å². The third-order valence-corrected chi connectivity index (χ3v) is 5.69. The number of thioether (sulfide) groups is 1. The first-order valence-corrected chi connectivity index (χ1v) is 9.62. The number of esters is 1. The zero-order chi connectivity index (χ0) is 18.8. The van der Waals surface area contributed by atoms with E-state index in [-0.39, 0.29) is 23.5 Å². The molecule has 8 nitrogen and oxygen atoms in total. The molecule has 26 heavy (non-hydrogen) atoms. The number of carbonyl (C=O) groups is 1. The number of hydrogen-bond acceptors (Lipinski definition) is 9. The van der Waals surface area contributed by atoms with Crippen LogP contribution in [0.25, 0.3) is 10.2 Å². The molecule has 0 radical (unpaired) electrons. The Kier molecular flexibility index (Phi) is 5.23. The highest BCUT2D eigenvalue weighted by atomic mass is 32.2. The smallest absolute Gasteiger partial charge is 0.343 e. The minimum absolute atomic E-state index is 0.0577. The molecule has 0 unspecified atom stereocenters. The fourth-order valence-electron chi connectivity index (χ4n) is 2.31. The Morgan fingerprint density at radius 1 is 1.38 bits per heavy atom. The molecule has 0 bridgehead atoms. The number of nitrogen functional groups attached to an aromatic ring is 1. The zero-order valence-electron chi connectivity index (χ0n) is 14.5. The molecule has 0 aliphatic carbocycles. The van der Waals surface area contributed by atoms with Crippen molar-refractivity contribution in [2.75, 3.05) is 12.3 Å². The fraction of sp³-hybridized carbons (Fsp3) is 0.312. The van der Waals surface area contributed by atoms with Crippen LogP contribution in [0.1, 0.15) is 33.5 Å². The molecule has 3 heterocycles. The van der Waals surface area contributed by atoms with Gasteiger partial charge < -0.3 is 15.5 Å². The van der Waals surface area contributed by atoms with Gasteiger partial charge in [-0.1, -0.05) is 11.8 Å². The van der Waals surface area contributed by atoms with Gasteiger partial charge in [0.15, 0.2) is 5.16 Å². The van der Waals surface area contributed by atoms with Gasteiger partial charge in [-0.05, 0) is 26.3 Å². The highest BCUT2D eigenvalue weighted by Crippen LogP contribution is 2.27. The number of anilines is 1. The Hall–Kier alpha value is -2.46. The molecule has 0 atom stereocenters. The van der Waals surface area contributed by atoms with E-state index in [9.17, 15) is 9.59 Å². The van der Waals surface area contributed by atoms with E-state index in [0.29, 0.717) is 22.1 Å². The first-order chi connectivity index (χ1) is 12.4. The maximum atomic E-state index is 12.3. The van der Waals surface area contributed by atoms with Crippen molar-refractivity contribution < 1.29 is 9.53 Å². The van der Waals surface area contributed by atoms with Gasteiger partial charge in [0.2, 0.25) is 0 Å². The summed E-state index contributed by atoms with van der Waals surface area (Å²) in [4.78, 5) is 41.3. The van der Waals surface area contributed by atoms with Gasteiger partial charge in [-0.15, -0.1) is 11.3 Å². The number of aromatic amines is 1. The van der Waals surface area contributed by atoms with Gasteiger partial charge in [0, 0.05) is 11.1 Å². The zero-order valence-corrected chi connectivity index (χ0v) is 16.1. The van der Waals surface area contributed by atoms with E-state index in [1.54, 1.807) is 6.92 Å². The van der Waals surface area contributed by atoms with Gasteiger partial charge in [0.05, 0.1) is 17.7 Å². The second kappa shape index (κ2) is 7.42. The summed E-state index contributed by atoms with van der Waals surface area (Å²) in [6.07, 6.45) is 1.34. The topological polar surface area (TPSA) is 124 Å². The lowest BCUT2D eigenvalue weighted by atomic mass is 10.2. The summed E-state index contributed by atoms with van der Waals surface area (Å²) in [6.45, 7) is 5.84. The summed E-state index contributed by atoms with van der Waals surface area (Å²) in [5.41, 5.74) is 6.75. The van der Waals surface area contributed by atoms with Gasteiger partial charge in [-0.2, -0.15) is 0 Å². The van der Waals surface area contributed by atoms with Crippen molar-refractivity contribution in [2.45, 2.75) is 31.7 Å². The number of H-pyrrole nitrogens is 1. The van der Waals surface area contributed by atoms with Gasteiger partial charge in [0.1, 0.15) is 22.0 Å². The number of hydrogen-bond donors (Lipinski definition) is 2. The Morgan fingerprint density at radius 2 is 2.15 bits per heavy atom. The highest BCUT2D eigenvalue weighted by Gasteiger charge is 2.15. The average Bonchev–Trinajstić information content (AvgIpc) is 2.88. The van der Waals surface area contributed by atoms with Crippen LogP contribution in [0, 0.1) is 13.8 Å². The summed E-state index contributed by atoms with van der Waals surface area (Å²) in [6, 6.07) is 0. The van der Waals surface area contributed by atoms with Crippen molar-refractivity contribution in [3.05, 3.63) is 38.4 Å². The lowest BCUT2D eigenvalue weighted by Gasteiger charge is -2.06. The van der Waals surface area contributed by atoms with Crippen molar-refractivity contribution in [2.24, 2.45) is 0 Å². The second-order valence-electron chi connectivity index (χ2n) is 5.44. The predicted molar refractivity (Wildman–Crippen MR) is 102 cm³/mol. The monoisotopic (exact) mass is 391 g/mol. The molecule has 0 saturated carbocycles. The summed E-state index contributed by atoms with van der Waals surface area (Å²) < 4.78 is 4.89. The Balaban J connectivity index is 1.79. The SMILES string of the molecule is CCOC(=O)c1cnc(SCc2nc3sc(C)c(C)c3c(=O)[nH]2)nc1N. The number of ether oxygens (including phenoxy) is 1. The van der Waals surface area contributed by atoms with E-state index in [1.165, 1.54) is 29.3 Å². The van der Waals surface area contributed by atoms with Gasteiger partial charge in [-0.25, -0.2) is 19.7 Å². The standard InChI is InChI=1S/C16H17N5O3S2/c1-4-24-15(23)9-5-18-16(21-12(9)17)25-6-10-19-13(22)11-7(2)8(3)26-14(11)20-10/h5H,4,6H2,1-3H3,(H2,17,18,21)(H,19,20,22). The van der Waals surface area contributed by atoms with Crippen LogP contribution in [0.3, 0.4) is 0 Å². The number of carbonyl (C=O) groups excluding carboxylic acids is 1. The van der Waals surface area contributed by atoms with Crippen LogP contribution < -0.4 is 11.3 Å². The Labute approximate surface area is 157 Å². The van der Waals surface area contributed by atoms with E-state index in [2.05, 4.69) is 19.9 Å². The Morgan fingerprint density at radius 3 is 2.85 bits per heavy atom. The van der Waals surface area contributed by atoms with Gasteiger partial charge in [-0.3, -0.25) is 4.79 Å². The maximum absolute atomic E-state index is 12.3. The van der Waals surface area contributed by atoms with Crippen molar-refractivity contribution in [3.63, 3.8) is 0 Å². The summed E-state index contributed by atoms with van der Waals surface area (Å²) >= 11 is 2.77. The Bertz CT molecular complexity index is 1040. The molecular weight excluding hydrogens is 374 g/mol. The van der Waals surface area contributed by atoms with Gasteiger partial charge >= 0.3 is 5.97 Å². The number of nitrogens with one attached hydrogen (secondary N) is 1. The maximum Gasteiger partial charge on any atom is 0.343 e. The first kappa shape index (κ1) is 18.3. The van der Waals surface area contributed by atoms with Crippen molar-refractivity contribution in [1.29, 1.82) is 0 Å². The molecule has 0 saturated heterocycles. The molecule has 3 rings (SSSR count). The second-order valence-corrected chi connectivity index (χ2v) is 7.58. The molecule has 3 aromatic heterocycles. The summed E-state index contributed by atoms with van der Waals surface area (Å²) in [5, 5.41) is 1.03. The average molecular weight is 391 g/mol. The molecular formula is C16H17N5O3S2. The molecule has 10 heteroatoms. The summed E-state index contributed by atoms with van der Waals surface area (Å²) in [7, 11) is 0. The lowest BCUT2D eigenvalue weighted by molar-refractivity contribution is 0.0526. The van der Waals surface area contributed by atoms with Crippen LogP contribution in [0.4, 0.5) is 5.82 Å². The lowest BCUT2D eigenvalue weighted by Crippen LogP contribution is -2.12. The van der Waals surface area contributed by atoms with Crippen LogP contribution >= 0.6 is 23.1 Å².